The zero-order chi connectivity index (χ0) is 17.7. The molecule has 2 fully saturated rings. The first-order valence-corrected chi connectivity index (χ1v) is 9.85. The number of hydrogen-bond acceptors (Lipinski definition) is 5. The van der Waals surface area contributed by atoms with E-state index in [4.69, 9.17) is 5.41 Å². The van der Waals surface area contributed by atoms with Gasteiger partial charge < -0.3 is 20.6 Å². The lowest BCUT2D eigenvalue weighted by Crippen LogP contribution is -2.41. The quantitative estimate of drug-likeness (QED) is 0.630. The van der Waals surface area contributed by atoms with Crippen LogP contribution in [-0.2, 0) is 10.8 Å². The van der Waals surface area contributed by atoms with E-state index in [2.05, 4.69) is 10.6 Å². The molecule has 8 heteroatoms. The molecule has 7 nitrogen and oxygen atoms in total. The number of β-amino-alcohol motifs (C(OH)–C–C–N with tert-alkyl or cyclic N) is 1. The number of nitrogens with zero attached hydrogens (tertiary/aromatic N) is 1. The maximum absolute atomic E-state index is 12.4. The molecule has 1 saturated heterocycles. The average molecular weight is 360 g/mol. The predicted molar refractivity (Wildman–Crippen MR) is 95.0 cm³/mol. The second-order valence-corrected chi connectivity index (χ2v) is 8.01. The second kappa shape index (κ2) is 5.96. The van der Waals surface area contributed by atoms with Crippen LogP contribution in [0.2, 0.25) is 0 Å². The molecule has 1 aliphatic carbocycles. The number of rotatable bonds is 2. The molecular formula is C17H20N4O3S. The SMILES string of the molecule is CS(=O)c1ccc2c(c1)NC(=C1C(=N)N(C3CCC3)CC1O)NC2=O. The second-order valence-electron chi connectivity index (χ2n) is 6.63. The molecule has 2 atom stereocenters. The molecule has 0 bridgehead atoms. The van der Waals surface area contributed by atoms with Gasteiger partial charge in [0.15, 0.2) is 0 Å². The molecular weight excluding hydrogens is 340 g/mol. The van der Waals surface area contributed by atoms with E-state index < -0.39 is 16.9 Å². The number of hydrogen-bond donors (Lipinski definition) is 4. The summed E-state index contributed by atoms with van der Waals surface area (Å²) < 4.78 is 11.7. The predicted octanol–water partition coefficient (Wildman–Crippen LogP) is 0.997. The Morgan fingerprint density at radius 3 is 2.72 bits per heavy atom. The van der Waals surface area contributed by atoms with Crippen molar-refractivity contribution in [2.24, 2.45) is 0 Å². The van der Waals surface area contributed by atoms with E-state index in [0.717, 1.165) is 19.3 Å². The third kappa shape index (κ3) is 2.65. The van der Waals surface area contributed by atoms with Gasteiger partial charge in [-0.05, 0) is 37.5 Å². The number of aliphatic hydroxyl groups excluding tert-OH is 1. The van der Waals surface area contributed by atoms with Crippen molar-refractivity contribution in [3.05, 3.63) is 35.2 Å². The lowest BCUT2D eigenvalue weighted by Gasteiger charge is -2.35. The maximum Gasteiger partial charge on any atom is 0.258 e. The van der Waals surface area contributed by atoms with Gasteiger partial charge in [0.1, 0.15) is 17.8 Å². The number of carbonyl (C=O) groups is 1. The number of likely N-dealkylation sites (tertiary alicyclic amines) is 1. The molecule has 1 saturated carbocycles. The van der Waals surface area contributed by atoms with Crippen LogP contribution in [0.25, 0.3) is 0 Å². The van der Waals surface area contributed by atoms with Gasteiger partial charge in [-0.1, -0.05) is 0 Å². The van der Waals surface area contributed by atoms with Crippen molar-refractivity contribution in [2.45, 2.75) is 36.3 Å². The minimum absolute atomic E-state index is 0.263. The van der Waals surface area contributed by atoms with Crippen LogP contribution in [0.3, 0.4) is 0 Å². The van der Waals surface area contributed by atoms with Crippen LogP contribution in [0.5, 0.6) is 0 Å². The highest BCUT2D eigenvalue weighted by atomic mass is 32.2. The fraction of sp³-hybridized carbons (Fsp3) is 0.412. The number of amides is 1. The van der Waals surface area contributed by atoms with Crippen LogP contribution >= 0.6 is 0 Å². The summed E-state index contributed by atoms with van der Waals surface area (Å²) in [6, 6.07) is 5.28. The first-order valence-electron chi connectivity index (χ1n) is 8.29. The molecule has 25 heavy (non-hydrogen) atoms. The van der Waals surface area contributed by atoms with E-state index in [1.807, 2.05) is 4.90 Å². The lowest BCUT2D eigenvalue weighted by molar-refractivity contribution is 0.0962. The Morgan fingerprint density at radius 2 is 2.08 bits per heavy atom. The van der Waals surface area contributed by atoms with Gasteiger partial charge in [-0.2, -0.15) is 0 Å². The zero-order valence-electron chi connectivity index (χ0n) is 13.8. The van der Waals surface area contributed by atoms with E-state index in [9.17, 15) is 14.1 Å². The molecule has 1 aromatic carbocycles. The first-order chi connectivity index (χ1) is 12.0. The summed E-state index contributed by atoms with van der Waals surface area (Å²) in [5.74, 6) is 0.307. The normalized spacial score (nSPS) is 27.4. The van der Waals surface area contributed by atoms with Crippen LogP contribution in [-0.4, -0.2) is 50.9 Å². The topological polar surface area (TPSA) is 106 Å². The molecule has 0 aromatic heterocycles. The number of nitrogens with one attached hydrogen (secondary N) is 3. The number of fused-ring (bicyclic) bond motifs is 1. The van der Waals surface area contributed by atoms with Crippen molar-refractivity contribution < 1.29 is 14.1 Å². The lowest BCUT2D eigenvalue weighted by atomic mass is 9.92. The van der Waals surface area contributed by atoms with Gasteiger partial charge in [0.2, 0.25) is 0 Å². The van der Waals surface area contributed by atoms with Gasteiger partial charge in [-0.3, -0.25) is 14.4 Å². The van der Waals surface area contributed by atoms with Crippen LogP contribution in [0.4, 0.5) is 5.69 Å². The van der Waals surface area contributed by atoms with Gasteiger partial charge in [0.05, 0.1) is 23.4 Å². The number of benzene rings is 1. The molecule has 0 spiro atoms. The molecule has 4 rings (SSSR count). The van der Waals surface area contributed by atoms with E-state index in [-0.39, 0.29) is 11.7 Å². The van der Waals surface area contributed by atoms with Crippen molar-refractivity contribution in [3.8, 4) is 0 Å². The number of carbonyl (C=O) groups excluding carboxylic acids is 1. The average Bonchev–Trinajstić information content (AvgIpc) is 2.79. The highest BCUT2D eigenvalue weighted by Crippen LogP contribution is 2.33. The number of amidine groups is 1. The Bertz CT molecular complexity index is 831. The van der Waals surface area contributed by atoms with Crippen molar-refractivity contribution >= 4 is 28.2 Å². The molecule has 132 valence electrons. The summed E-state index contributed by atoms with van der Waals surface area (Å²) in [5, 5.41) is 24.7. The van der Waals surface area contributed by atoms with Crippen LogP contribution in [0, 0.1) is 5.41 Å². The van der Waals surface area contributed by atoms with Gasteiger partial charge in [0, 0.05) is 28.0 Å². The Hall–Kier alpha value is -2.19. The highest BCUT2D eigenvalue weighted by molar-refractivity contribution is 7.84. The van der Waals surface area contributed by atoms with E-state index in [1.165, 1.54) is 0 Å². The Labute approximate surface area is 148 Å². The molecule has 3 aliphatic rings. The maximum atomic E-state index is 12.4. The molecule has 2 aliphatic heterocycles. The Kier molecular flexibility index (Phi) is 3.88. The van der Waals surface area contributed by atoms with Crippen molar-refractivity contribution in [2.75, 3.05) is 18.1 Å². The zero-order valence-corrected chi connectivity index (χ0v) is 14.7. The van der Waals surface area contributed by atoms with Crippen LogP contribution in [0.15, 0.2) is 34.5 Å². The van der Waals surface area contributed by atoms with Crippen molar-refractivity contribution in [1.29, 1.82) is 5.41 Å². The minimum Gasteiger partial charge on any atom is -0.386 e. The van der Waals surface area contributed by atoms with E-state index in [1.54, 1.807) is 24.5 Å². The van der Waals surface area contributed by atoms with Gasteiger partial charge >= 0.3 is 0 Å². The van der Waals surface area contributed by atoms with E-state index in [0.29, 0.717) is 40.1 Å². The Balaban J connectivity index is 1.70. The summed E-state index contributed by atoms with van der Waals surface area (Å²) >= 11 is 0. The number of anilines is 1. The van der Waals surface area contributed by atoms with Gasteiger partial charge in [0.25, 0.3) is 5.91 Å². The standard InChI is InChI=1S/C17H20N4O3S/c1-25(24)10-5-6-11-12(7-10)19-16(20-17(11)23)14-13(22)8-21(15(14)18)9-3-2-4-9/h5-7,9,13,18-19,22H,2-4,8H2,1H3,(H,20,23). The Morgan fingerprint density at radius 1 is 1.32 bits per heavy atom. The monoisotopic (exact) mass is 360 g/mol. The molecule has 4 N–H and O–H groups in total. The highest BCUT2D eigenvalue weighted by Gasteiger charge is 2.40. The van der Waals surface area contributed by atoms with Crippen molar-refractivity contribution in [3.63, 3.8) is 0 Å². The van der Waals surface area contributed by atoms with Gasteiger partial charge in [-0.25, -0.2) is 0 Å². The molecule has 1 amide bonds. The summed E-state index contributed by atoms with van der Waals surface area (Å²) in [6.45, 7) is 0.381. The fourth-order valence-electron chi connectivity index (χ4n) is 3.48. The minimum atomic E-state index is -1.16. The third-order valence-corrected chi connectivity index (χ3v) is 6.01. The molecule has 2 unspecified atom stereocenters. The summed E-state index contributed by atoms with van der Waals surface area (Å²) in [5.41, 5.74) is 1.41. The molecule has 0 radical (unpaired) electrons. The first kappa shape index (κ1) is 16.3. The molecule has 1 aromatic rings. The largest absolute Gasteiger partial charge is 0.386 e. The summed E-state index contributed by atoms with van der Waals surface area (Å²) in [4.78, 5) is 14.9. The molecule has 2 heterocycles. The van der Waals surface area contributed by atoms with Crippen LogP contribution < -0.4 is 10.6 Å². The van der Waals surface area contributed by atoms with Crippen LogP contribution in [0.1, 0.15) is 29.6 Å². The number of aliphatic hydroxyl groups is 1. The summed E-state index contributed by atoms with van der Waals surface area (Å²) in [7, 11) is -1.16. The van der Waals surface area contributed by atoms with Gasteiger partial charge in [-0.15, -0.1) is 0 Å². The fourth-order valence-corrected chi connectivity index (χ4v) is 4.02. The summed E-state index contributed by atoms with van der Waals surface area (Å²) in [6.07, 6.45) is 3.98. The smallest absolute Gasteiger partial charge is 0.258 e. The van der Waals surface area contributed by atoms with E-state index >= 15 is 0 Å². The van der Waals surface area contributed by atoms with Crippen molar-refractivity contribution in [1.82, 2.24) is 10.2 Å². The third-order valence-electron chi connectivity index (χ3n) is 5.10.